The van der Waals surface area contributed by atoms with Crippen LogP contribution in [0.4, 0.5) is 5.69 Å². The van der Waals surface area contributed by atoms with E-state index < -0.39 is 0 Å². The summed E-state index contributed by atoms with van der Waals surface area (Å²) in [4.78, 5) is 16.0. The van der Waals surface area contributed by atoms with Gasteiger partial charge in [0.2, 0.25) is 0 Å². The van der Waals surface area contributed by atoms with E-state index in [2.05, 4.69) is 28.6 Å². The third kappa shape index (κ3) is 3.35. The summed E-state index contributed by atoms with van der Waals surface area (Å²) in [5, 5.41) is 8.38. The Balaban J connectivity index is 1.60. The van der Waals surface area contributed by atoms with E-state index in [0.29, 0.717) is 16.6 Å². The number of H-pyrrole nitrogens is 1. The van der Waals surface area contributed by atoms with Crippen LogP contribution in [0.2, 0.25) is 5.02 Å². The SMILES string of the molecule is CCNC1CCc2[nH]c3ccc(NC(=O)c4ccc(Cl)cc4)cc3c2C1. The molecule has 26 heavy (non-hydrogen) atoms. The Bertz CT molecular complexity index is 946. The van der Waals surface area contributed by atoms with Crippen LogP contribution in [-0.2, 0) is 12.8 Å². The van der Waals surface area contributed by atoms with Gasteiger partial charge in [-0.05, 0) is 73.8 Å². The molecule has 2 aromatic carbocycles. The number of anilines is 1. The standard InChI is InChI=1S/C21H22ClN3O/c1-2-23-15-7-9-19-17(11-15)18-12-16(8-10-20(18)25-19)24-21(26)13-3-5-14(22)6-4-13/h3-6,8,10,12,15,23,25H,2,7,9,11H2,1H3,(H,24,26). The topological polar surface area (TPSA) is 56.9 Å². The van der Waals surface area contributed by atoms with Crippen LogP contribution in [0.15, 0.2) is 42.5 Å². The zero-order valence-electron chi connectivity index (χ0n) is 14.7. The van der Waals surface area contributed by atoms with Gasteiger partial charge in [-0.1, -0.05) is 18.5 Å². The number of nitrogens with one attached hydrogen (secondary N) is 3. The zero-order valence-corrected chi connectivity index (χ0v) is 15.5. The second-order valence-corrected chi connectivity index (χ2v) is 7.24. The number of aryl methyl sites for hydroxylation is 1. The summed E-state index contributed by atoms with van der Waals surface area (Å²) in [5.74, 6) is -0.129. The maximum atomic E-state index is 12.5. The van der Waals surface area contributed by atoms with Crippen molar-refractivity contribution in [1.82, 2.24) is 10.3 Å². The normalized spacial score (nSPS) is 16.5. The van der Waals surface area contributed by atoms with Gasteiger partial charge in [0, 0.05) is 38.9 Å². The minimum Gasteiger partial charge on any atom is -0.358 e. The van der Waals surface area contributed by atoms with Crippen molar-refractivity contribution < 1.29 is 4.79 Å². The molecule has 4 nitrogen and oxygen atoms in total. The van der Waals surface area contributed by atoms with Gasteiger partial charge in [0.25, 0.3) is 5.91 Å². The lowest BCUT2D eigenvalue weighted by Gasteiger charge is -2.23. The second kappa shape index (κ2) is 7.14. The van der Waals surface area contributed by atoms with Crippen LogP contribution < -0.4 is 10.6 Å². The number of hydrogen-bond acceptors (Lipinski definition) is 2. The monoisotopic (exact) mass is 367 g/mol. The molecule has 1 unspecified atom stereocenters. The van der Waals surface area contributed by atoms with Crippen molar-refractivity contribution in [2.45, 2.75) is 32.2 Å². The summed E-state index contributed by atoms with van der Waals surface area (Å²) in [5.41, 5.74) is 5.24. The van der Waals surface area contributed by atoms with E-state index in [4.69, 9.17) is 11.6 Å². The fraction of sp³-hybridized carbons (Fsp3) is 0.286. The Morgan fingerprint density at radius 2 is 2.04 bits per heavy atom. The van der Waals surface area contributed by atoms with Crippen LogP contribution in [-0.4, -0.2) is 23.5 Å². The number of carbonyl (C=O) groups is 1. The molecule has 134 valence electrons. The first-order chi connectivity index (χ1) is 12.6. The molecular formula is C21H22ClN3O. The minimum absolute atomic E-state index is 0.129. The number of halogens is 1. The summed E-state index contributed by atoms with van der Waals surface area (Å²) in [6.07, 6.45) is 3.25. The van der Waals surface area contributed by atoms with E-state index >= 15 is 0 Å². The molecule has 1 aliphatic rings. The quantitative estimate of drug-likeness (QED) is 0.634. The van der Waals surface area contributed by atoms with Gasteiger partial charge in [0.1, 0.15) is 0 Å². The molecule has 0 fully saturated rings. The Morgan fingerprint density at radius 3 is 2.81 bits per heavy atom. The molecule has 0 saturated heterocycles. The molecule has 1 heterocycles. The molecule has 1 aromatic heterocycles. The fourth-order valence-electron chi connectivity index (χ4n) is 3.76. The summed E-state index contributed by atoms with van der Waals surface area (Å²) in [7, 11) is 0. The summed E-state index contributed by atoms with van der Waals surface area (Å²) in [6.45, 7) is 3.14. The van der Waals surface area contributed by atoms with Crippen molar-refractivity contribution in [3.63, 3.8) is 0 Å². The number of amides is 1. The van der Waals surface area contributed by atoms with E-state index in [1.54, 1.807) is 24.3 Å². The third-order valence-electron chi connectivity index (χ3n) is 5.04. The molecule has 0 bridgehead atoms. The molecule has 3 N–H and O–H groups in total. The lowest BCUT2D eigenvalue weighted by molar-refractivity contribution is 0.102. The van der Waals surface area contributed by atoms with Gasteiger partial charge in [-0.3, -0.25) is 4.79 Å². The number of hydrogen-bond donors (Lipinski definition) is 3. The highest BCUT2D eigenvalue weighted by molar-refractivity contribution is 6.30. The van der Waals surface area contributed by atoms with Crippen molar-refractivity contribution in [2.75, 3.05) is 11.9 Å². The van der Waals surface area contributed by atoms with Gasteiger partial charge >= 0.3 is 0 Å². The van der Waals surface area contributed by atoms with Crippen molar-refractivity contribution in [3.05, 3.63) is 64.3 Å². The number of likely N-dealkylation sites (N-methyl/N-ethyl adjacent to an activating group) is 1. The molecule has 4 rings (SSSR count). The molecule has 0 spiro atoms. The summed E-state index contributed by atoms with van der Waals surface area (Å²) in [6, 6.07) is 13.5. The maximum absolute atomic E-state index is 12.5. The smallest absolute Gasteiger partial charge is 0.255 e. The van der Waals surface area contributed by atoms with Crippen LogP contribution in [0.3, 0.4) is 0 Å². The van der Waals surface area contributed by atoms with Gasteiger partial charge in [0.15, 0.2) is 0 Å². The maximum Gasteiger partial charge on any atom is 0.255 e. The van der Waals surface area contributed by atoms with Crippen molar-refractivity contribution in [1.29, 1.82) is 0 Å². The molecular weight excluding hydrogens is 346 g/mol. The number of fused-ring (bicyclic) bond motifs is 3. The van der Waals surface area contributed by atoms with Crippen molar-refractivity contribution in [2.24, 2.45) is 0 Å². The highest BCUT2D eigenvalue weighted by Crippen LogP contribution is 2.31. The summed E-state index contributed by atoms with van der Waals surface area (Å²) < 4.78 is 0. The first-order valence-corrected chi connectivity index (χ1v) is 9.45. The molecule has 0 aliphatic heterocycles. The predicted octanol–water partition coefficient (Wildman–Crippen LogP) is 4.54. The van der Waals surface area contributed by atoms with Crippen LogP contribution in [0, 0.1) is 0 Å². The number of aromatic amines is 1. The first-order valence-electron chi connectivity index (χ1n) is 9.08. The van der Waals surface area contributed by atoms with Gasteiger partial charge in [-0.2, -0.15) is 0 Å². The van der Waals surface area contributed by atoms with Crippen LogP contribution in [0.25, 0.3) is 10.9 Å². The van der Waals surface area contributed by atoms with E-state index in [1.165, 1.54) is 16.6 Å². The van der Waals surface area contributed by atoms with Gasteiger partial charge < -0.3 is 15.6 Å². The highest BCUT2D eigenvalue weighted by Gasteiger charge is 2.22. The summed E-state index contributed by atoms with van der Waals surface area (Å²) >= 11 is 5.89. The molecule has 0 saturated carbocycles. The van der Waals surface area contributed by atoms with E-state index in [1.807, 2.05) is 12.1 Å². The van der Waals surface area contributed by atoms with E-state index in [0.717, 1.165) is 37.0 Å². The molecule has 0 radical (unpaired) electrons. The second-order valence-electron chi connectivity index (χ2n) is 6.80. The Labute approximate surface area is 157 Å². The number of rotatable bonds is 4. The molecule has 1 atom stereocenters. The Kier molecular flexibility index (Phi) is 4.70. The van der Waals surface area contributed by atoms with E-state index in [-0.39, 0.29) is 5.91 Å². The lowest BCUT2D eigenvalue weighted by Crippen LogP contribution is -2.34. The fourth-order valence-corrected chi connectivity index (χ4v) is 3.89. The average Bonchev–Trinajstić information content (AvgIpc) is 3.00. The molecule has 5 heteroatoms. The van der Waals surface area contributed by atoms with Crippen LogP contribution >= 0.6 is 11.6 Å². The molecule has 1 aliphatic carbocycles. The lowest BCUT2D eigenvalue weighted by atomic mass is 9.91. The number of carbonyl (C=O) groups excluding carboxylic acids is 1. The Morgan fingerprint density at radius 1 is 1.23 bits per heavy atom. The zero-order chi connectivity index (χ0) is 18.1. The largest absolute Gasteiger partial charge is 0.358 e. The van der Waals surface area contributed by atoms with Crippen LogP contribution in [0.5, 0.6) is 0 Å². The average molecular weight is 368 g/mol. The Hall–Kier alpha value is -2.30. The molecule has 3 aromatic rings. The van der Waals surface area contributed by atoms with Crippen LogP contribution in [0.1, 0.15) is 35.0 Å². The number of aromatic nitrogens is 1. The third-order valence-corrected chi connectivity index (χ3v) is 5.30. The van der Waals surface area contributed by atoms with Gasteiger partial charge in [-0.15, -0.1) is 0 Å². The van der Waals surface area contributed by atoms with Gasteiger partial charge in [-0.25, -0.2) is 0 Å². The molecule has 1 amide bonds. The van der Waals surface area contributed by atoms with Crippen molar-refractivity contribution in [3.8, 4) is 0 Å². The number of benzene rings is 2. The highest BCUT2D eigenvalue weighted by atomic mass is 35.5. The van der Waals surface area contributed by atoms with Crippen molar-refractivity contribution >= 4 is 34.1 Å². The first kappa shape index (κ1) is 17.1. The van der Waals surface area contributed by atoms with Gasteiger partial charge in [0.05, 0.1) is 0 Å². The predicted molar refractivity (Wildman–Crippen MR) is 107 cm³/mol. The minimum atomic E-state index is -0.129. The van der Waals surface area contributed by atoms with E-state index in [9.17, 15) is 4.79 Å².